The zero-order valence-corrected chi connectivity index (χ0v) is 9.38. The van der Waals surface area contributed by atoms with Crippen LogP contribution >= 0.6 is 0 Å². The van der Waals surface area contributed by atoms with E-state index in [-0.39, 0.29) is 5.56 Å². The number of hydrogen-bond donors (Lipinski definition) is 0. The molecule has 0 atom stereocenters. The summed E-state index contributed by atoms with van der Waals surface area (Å²) < 4.78 is 39.8. The zero-order chi connectivity index (χ0) is 12.7. The molecule has 0 heterocycles. The van der Waals surface area contributed by atoms with E-state index in [9.17, 15) is 13.2 Å². The van der Waals surface area contributed by atoms with Crippen LogP contribution in [-0.4, -0.2) is 0 Å². The Bertz CT molecular complexity index is 657. The summed E-state index contributed by atoms with van der Waals surface area (Å²) in [4.78, 5) is 0. The Kier molecular flexibility index (Phi) is 2.47. The van der Waals surface area contributed by atoms with Crippen LogP contribution in [0.15, 0.2) is 36.4 Å². The average Bonchev–Trinajstić information content (AvgIpc) is 2.79. The Balaban J connectivity index is 2.07. The van der Waals surface area contributed by atoms with E-state index in [0.717, 1.165) is 17.2 Å². The highest BCUT2D eigenvalue weighted by Crippen LogP contribution is 2.33. The minimum absolute atomic E-state index is 0.130. The normalized spacial score (nSPS) is 13.4. The van der Waals surface area contributed by atoms with Crippen molar-refractivity contribution >= 4 is 11.6 Å². The van der Waals surface area contributed by atoms with E-state index >= 15 is 0 Å². The third kappa shape index (κ3) is 1.63. The molecular formula is C15H9F3. The lowest BCUT2D eigenvalue weighted by Crippen LogP contribution is -1.97. The van der Waals surface area contributed by atoms with Gasteiger partial charge in [0.2, 0.25) is 0 Å². The Hall–Kier alpha value is -2.03. The third-order valence-electron chi connectivity index (χ3n) is 3.15. The summed E-state index contributed by atoms with van der Waals surface area (Å²) >= 11 is 0. The van der Waals surface area contributed by atoms with Crippen LogP contribution in [0.4, 0.5) is 13.2 Å². The van der Waals surface area contributed by atoms with Crippen LogP contribution in [0.5, 0.6) is 0 Å². The lowest BCUT2D eigenvalue weighted by Gasteiger charge is -2.05. The maximum absolute atomic E-state index is 13.7. The van der Waals surface area contributed by atoms with Gasteiger partial charge in [-0.2, -0.15) is 0 Å². The highest BCUT2D eigenvalue weighted by Gasteiger charge is 2.20. The van der Waals surface area contributed by atoms with Crippen molar-refractivity contribution < 1.29 is 13.2 Å². The lowest BCUT2D eigenvalue weighted by atomic mass is 10.0. The molecule has 0 N–H and O–H groups in total. The monoisotopic (exact) mass is 246 g/mol. The van der Waals surface area contributed by atoms with Crippen molar-refractivity contribution in [3.63, 3.8) is 0 Å². The molecule has 3 rings (SSSR count). The minimum atomic E-state index is -1.41. The third-order valence-corrected chi connectivity index (χ3v) is 3.15. The van der Waals surface area contributed by atoms with Crippen molar-refractivity contribution in [3.05, 3.63) is 70.5 Å². The van der Waals surface area contributed by atoms with Gasteiger partial charge in [0.25, 0.3) is 0 Å². The molecule has 2 aromatic carbocycles. The Labute approximate surface area is 102 Å². The molecule has 0 radical (unpaired) electrons. The Morgan fingerprint density at radius 1 is 0.833 bits per heavy atom. The summed E-state index contributed by atoms with van der Waals surface area (Å²) in [5.74, 6) is -3.69. The molecule has 18 heavy (non-hydrogen) atoms. The summed E-state index contributed by atoms with van der Waals surface area (Å²) in [6, 6.07) is 9.89. The number of halogens is 3. The molecular weight excluding hydrogens is 237 g/mol. The smallest absolute Gasteiger partial charge is 0.195 e. The molecule has 0 aromatic heterocycles. The minimum Gasteiger partial charge on any atom is -0.204 e. The van der Waals surface area contributed by atoms with Crippen molar-refractivity contribution in [1.82, 2.24) is 0 Å². The zero-order valence-electron chi connectivity index (χ0n) is 9.38. The van der Waals surface area contributed by atoms with E-state index in [1.165, 1.54) is 6.07 Å². The van der Waals surface area contributed by atoms with Gasteiger partial charge in [-0.05, 0) is 35.3 Å². The second-order valence-electron chi connectivity index (χ2n) is 4.27. The first-order valence-corrected chi connectivity index (χ1v) is 5.59. The van der Waals surface area contributed by atoms with Crippen LogP contribution < -0.4 is 0 Å². The van der Waals surface area contributed by atoms with Gasteiger partial charge in [-0.15, -0.1) is 0 Å². The summed E-state index contributed by atoms with van der Waals surface area (Å²) in [5, 5.41) is 0. The predicted molar refractivity (Wildman–Crippen MR) is 64.3 cm³/mol. The quantitative estimate of drug-likeness (QED) is 0.661. The first kappa shape index (κ1) is 11.1. The van der Waals surface area contributed by atoms with Gasteiger partial charge in [0.15, 0.2) is 17.5 Å². The van der Waals surface area contributed by atoms with Gasteiger partial charge in [0, 0.05) is 5.56 Å². The number of fused-ring (bicyclic) bond motifs is 1. The van der Waals surface area contributed by atoms with Gasteiger partial charge >= 0.3 is 0 Å². The first-order chi connectivity index (χ1) is 8.66. The van der Waals surface area contributed by atoms with Gasteiger partial charge < -0.3 is 0 Å². The Morgan fingerprint density at radius 3 is 2.39 bits per heavy atom. The maximum atomic E-state index is 13.7. The average molecular weight is 246 g/mol. The molecule has 90 valence electrons. The summed E-state index contributed by atoms with van der Waals surface area (Å²) in [6.07, 6.45) is 2.35. The van der Waals surface area contributed by atoms with Gasteiger partial charge in [-0.25, -0.2) is 13.2 Å². The van der Waals surface area contributed by atoms with E-state index < -0.39 is 17.5 Å². The SMILES string of the molecule is Fc1ccc(C2=Cc3ccccc3C2)c(F)c1F. The molecule has 1 aliphatic carbocycles. The van der Waals surface area contributed by atoms with Crippen LogP contribution in [0.2, 0.25) is 0 Å². The molecule has 0 saturated carbocycles. The van der Waals surface area contributed by atoms with Crippen molar-refractivity contribution in [1.29, 1.82) is 0 Å². The van der Waals surface area contributed by atoms with Crippen molar-refractivity contribution in [2.75, 3.05) is 0 Å². The van der Waals surface area contributed by atoms with Crippen LogP contribution in [0, 0.1) is 17.5 Å². The molecule has 0 spiro atoms. The molecule has 0 nitrogen and oxygen atoms in total. The van der Waals surface area contributed by atoms with Gasteiger partial charge in [-0.3, -0.25) is 0 Å². The second-order valence-corrected chi connectivity index (χ2v) is 4.27. The molecule has 0 aliphatic heterocycles. The van der Waals surface area contributed by atoms with Crippen LogP contribution in [-0.2, 0) is 6.42 Å². The first-order valence-electron chi connectivity index (χ1n) is 5.59. The van der Waals surface area contributed by atoms with Crippen molar-refractivity contribution in [2.45, 2.75) is 6.42 Å². The van der Waals surface area contributed by atoms with Crippen molar-refractivity contribution in [3.8, 4) is 0 Å². The predicted octanol–water partition coefficient (Wildman–Crippen LogP) is 4.20. The fourth-order valence-corrected chi connectivity index (χ4v) is 2.23. The standard InChI is InChI=1S/C15H9F3/c16-13-6-5-12(14(17)15(13)18)11-7-9-3-1-2-4-10(9)8-11/h1-7H,8H2. The summed E-state index contributed by atoms with van der Waals surface area (Å²) in [7, 11) is 0. The number of allylic oxidation sites excluding steroid dienone is 1. The highest BCUT2D eigenvalue weighted by atomic mass is 19.2. The highest BCUT2D eigenvalue weighted by molar-refractivity contribution is 5.88. The van der Waals surface area contributed by atoms with Gasteiger partial charge in [0.05, 0.1) is 0 Å². The molecule has 2 aromatic rings. The number of rotatable bonds is 1. The summed E-state index contributed by atoms with van der Waals surface area (Å²) in [5.41, 5.74) is 2.87. The number of benzene rings is 2. The van der Waals surface area contributed by atoms with Crippen LogP contribution in [0.3, 0.4) is 0 Å². The number of hydrogen-bond acceptors (Lipinski definition) is 0. The van der Waals surface area contributed by atoms with Gasteiger partial charge in [-0.1, -0.05) is 30.3 Å². The van der Waals surface area contributed by atoms with Crippen LogP contribution in [0.1, 0.15) is 16.7 Å². The maximum Gasteiger partial charge on any atom is 0.195 e. The topological polar surface area (TPSA) is 0 Å². The van der Waals surface area contributed by atoms with E-state index in [0.29, 0.717) is 12.0 Å². The molecule has 0 amide bonds. The fourth-order valence-electron chi connectivity index (χ4n) is 2.23. The second kappa shape index (κ2) is 4.02. The largest absolute Gasteiger partial charge is 0.204 e. The fraction of sp³-hybridized carbons (Fsp3) is 0.0667. The van der Waals surface area contributed by atoms with E-state index in [1.54, 1.807) is 0 Å². The van der Waals surface area contributed by atoms with Crippen molar-refractivity contribution in [2.24, 2.45) is 0 Å². The lowest BCUT2D eigenvalue weighted by molar-refractivity contribution is 0.445. The molecule has 3 heteroatoms. The molecule has 0 saturated heterocycles. The Morgan fingerprint density at radius 2 is 1.61 bits per heavy atom. The van der Waals surface area contributed by atoms with Gasteiger partial charge in [0.1, 0.15) is 0 Å². The van der Waals surface area contributed by atoms with E-state index in [1.807, 2.05) is 30.3 Å². The van der Waals surface area contributed by atoms with E-state index in [4.69, 9.17) is 0 Å². The molecule has 0 fully saturated rings. The summed E-state index contributed by atoms with van der Waals surface area (Å²) in [6.45, 7) is 0. The molecule has 0 unspecified atom stereocenters. The van der Waals surface area contributed by atoms with Crippen LogP contribution in [0.25, 0.3) is 11.6 Å². The molecule has 1 aliphatic rings. The molecule has 0 bridgehead atoms. The van der Waals surface area contributed by atoms with E-state index in [2.05, 4.69) is 0 Å².